The minimum absolute atomic E-state index is 0.000404. The Hall–Kier alpha value is -1.98. The fourth-order valence-electron chi connectivity index (χ4n) is 2.26. The molecule has 0 atom stereocenters. The number of nitrogens with zero attached hydrogens (tertiary/aromatic N) is 1. The Balaban J connectivity index is 1.85. The van der Waals surface area contributed by atoms with Crippen molar-refractivity contribution in [2.45, 2.75) is 19.8 Å². The number of rotatable bonds is 4. The van der Waals surface area contributed by atoms with Gasteiger partial charge < -0.3 is 19.7 Å². The van der Waals surface area contributed by atoms with E-state index < -0.39 is 5.97 Å². The van der Waals surface area contributed by atoms with Gasteiger partial charge in [-0.1, -0.05) is 0 Å². The normalized spacial score (nSPS) is 16.4. The first kappa shape index (κ1) is 13.5. The maximum Gasteiger partial charge on any atom is 0.371 e. The Bertz CT molecular complexity index is 461. The Morgan fingerprint density at radius 2 is 2.11 bits per heavy atom. The van der Waals surface area contributed by atoms with Crippen molar-refractivity contribution in [3.63, 3.8) is 0 Å². The van der Waals surface area contributed by atoms with Crippen LogP contribution in [0.2, 0.25) is 0 Å². The molecule has 6 nitrogen and oxygen atoms in total. The molecule has 2 heterocycles. The highest BCUT2D eigenvalue weighted by molar-refractivity contribution is 5.84. The Morgan fingerprint density at radius 3 is 2.63 bits per heavy atom. The third-order valence-corrected chi connectivity index (χ3v) is 3.37. The van der Waals surface area contributed by atoms with Gasteiger partial charge in [0.2, 0.25) is 11.7 Å². The van der Waals surface area contributed by atoms with E-state index in [1.165, 1.54) is 13.0 Å². The highest BCUT2D eigenvalue weighted by Crippen LogP contribution is 2.24. The van der Waals surface area contributed by atoms with Gasteiger partial charge in [0, 0.05) is 32.6 Å². The minimum atomic E-state index is -1.05. The van der Waals surface area contributed by atoms with E-state index in [1.54, 1.807) is 6.07 Å². The van der Waals surface area contributed by atoms with Crippen LogP contribution in [0.15, 0.2) is 16.5 Å². The molecule has 0 aliphatic carbocycles. The second-order valence-electron chi connectivity index (χ2n) is 4.81. The molecular weight excluding hydrogens is 248 g/mol. The molecule has 2 N–H and O–H groups in total. The van der Waals surface area contributed by atoms with E-state index >= 15 is 0 Å². The van der Waals surface area contributed by atoms with Gasteiger partial charge >= 0.3 is 5.97 Å². The summed E-state index contributed by atoms with van der Waals surface area (Å²) in [6.45, 7) is 3.86. The second kappa shape index (κ2) is 5.77. The number of carbonyl (C=O) groups excluding carboxylic acids is 1. The number of carboxylic acids is 1. The summed E-state index contributed by atoms with van der Waals surface area (Å²) in [6.07, 6.45) is 1.92. The van der Waals surface area contributed by atoms with Crippen LogP contribution < -0.4 is 10.2 Å². The molecule has 0 radical (unpaired) electrons. The molecule has 1 aromatic rings. The molecule has 0 spiro atoms. The lowest BCUT2D eigenvalue weighted by Crippen LogP contribution is -2.38. The molecule has 1 saturated heterocycles. The van der Waals surface area contributed by atoms with Gasteiger partial charge in [-0.15, -0.1) is 0 Å². The number of nitrogens with one attached hydrogen (secondary N) is 1. The third kappa shape index (κ3) is 3.49. The molecule has 1 fully saturated rings. The Labute approximate surface area is 111 Å². The van der Waals surface area contributed by atoms with Gasteiger partial charge in [-0.3, -0.25) is 4.79 Å². The first-order valence-electron chi connectivity index (χ1n) is 6.39. The van der Waals surface area contributed by atoms with E-state index in [0.717, 1.165) is 25.9 Å². The number of aromatic carboxylic acids is 1. The van der Waals surface area contributed by atoms with E-state index in [4.69, 9.17) is 9.52 Å². The number of furan rings is 1. The molecule has 0 bridgehead atoms. The largest absolute Gasteiger partial charge is 0.475 e. The van der Waals surface area contributed by atoms with Crippen LogP contribution in [0.25, 0.3) is 0 Å². The number of anilines is 1. The lowest BCUT2D eigenvalue weighted by atomic mass is 9.97. The van der Waals surface area contributed by atoms with Crippen LogP contribution in [0, 0.1) is 5.92 Å². The van der Waals surface area contributed by atoms with Crippen molar-refractivity contribution < 1.29 is 19.1 Å². The number of carboxylic acid groups (broad SMARTS) is 1. The predicted octanol–water partition coefficient (Wildman–Crippen LogP) is 1.33. The smallest absolute Gasteiger partial charge is 0.371 e. The lowest BCUT2D eigenvalue weighted by Gasteiger charge is -2.31. The van der Waals surface area contributed by atoms with Crippen molar-refractivity contribution in [2.75, 3.05) is 24.5 Å². The van der Waals surface area contributed by atoms with E-state index in [0.29, 0.717) is 18.3 Å². The van der Waals surface area contributed by atoms with Gasteiger partial charge in [0.25, 0.3) is 0 Å². The zero-order valence-electron chi connectivity index (χ0n) is 10.9. The summed E-state index contributed by atoms with van der Waals surface area (Å²) in [5.41, 5.74) is 0. The van der Waals surface area contributed by atoms with Crippen molar-refractivity contribution >= 4 is 17.8 Å². The average Bonchev–Trinajstić information content (AvgIpc) is 2.86. The average molecular weight is 266 g/mol. The van der Waals surface area contributed by atoms with Crippen molar-refractivity contribution in [1.82, 2.24) is 5.32 Å². The summed E-state index contributed by atoms with van der Waals surface area (Å²) in [6, 6.07) is 3.17. The molecule has 104 valence electrons. The minimum Gasteiger partial charge on any atom is -0.475 e. The number of carbonyl (C=O) groups is 2. The zero-order chi connectivity index (χ0) is 13.8. The molecule has 0 unspecified atom stereocenters. The van der Waals surface area contributed by atoms with E-state index in [9.17, 15) is 9.59 Å². The fraction of sp³-hybridized carbons (Fsp3) is 0.538. The van der Waals surface area contributed by atoms with Gasteiger partial charge in [0.15, 0.2) is 5.88 Å². The fourth-order valence-corrected chi connectivity index (χ4v) is 2.26. The van der Waals surface area contributed by atoms with Gasteiger partial charge in [-0.2, -0.15) is 0 Å². The summed E-state index contributed by atoms with van der Waals surface area (Å²) in [4.78, 5) is 23.6. The Morgan fingerprint density at radius 1 is 1.42 bits per heavy atom. The molecule has 19 heavy (non-hydrogen) atoms. The number of hydrogen-bond acceptors (Lipinski definition) is 4. The number of amides is 1. The number of hydrogen-bond donors (Lipinski definition) is 2. The highest BCUT2D eigenvalue weighted by Gasteiger charge is 2.22. The van der Waals surface area contributed by atoms with Crippen molar-refractivity contribution in [3.05, 3.63) is 17.9 Å². The quantitative estimate of drug-likeness (QED) is 0.859. The van der Waals surface area contributed by atoms with Crippen molar-refractivity contribution in [3.8, 4) is 0 Å². The van der Waals surface area contributed by atoms with E-state index in [-0.39, 0.29) is 11.7 Å². The van der Waals surface area contributed by atoms with Gasteiger partial charge in [0.05, 0.1) is 0 Å². The van der Waals surface area contributed by atoms with Crippen LogP contribution in [-0.2, 0) is 4.79 Å². The highest BCUT2D eigenvalue weighted by atomic mass is 16.4. The molecule has 1 aromatic heterocycles. The van der Waals surface area contributed by atoms with Gasteiger partial charge in [0.1, 0.15) is 0 Å². The molecule has 0 saturated carbocycles. The third-order valence-electron chi connectivity index (χ3n) is 3.37. The standard InChI is InChI=1S/C13H18N2O4/c1-9(16)14-8-10-4-6-15(7-5-10)12-3-2-11(19-12)13(17)18/h2-3,10H,4-8H2,1H3,(H,14,16)(H,17,18). The maximum atomic E-state index is 10.8. The molecule has 1 aliphatic rings. The van der Waals surface area contributed by atoms with Crippen LogP contribution in [0.3, 0.4) is 0 Å². The molecule has 1 amide bonds. The van der Waals surface area contributed by atoms with Crippen LogP contribution in [0.4, 0.5) is 5.88 Å². The first-order chi connectivity index (χ1) is 9.06. The molecule has 2 rings (SSSR count). The molecule has 6 heteroatoms. The second-order valence-corrected chi connectivity index (χ2v) is 4.81. The van der Waals surface area contributed by atoms with Crippen molar-refractivity contribution in [2.24, 2.45) is 5.92 Å². The monoisotopic (exact) mass is 266 g/mol. The summed E-state index contributed by atoms with van der Waals surface area (Å²) in [7, 11) is 0. The van der Waals surface area contributed by atoms with Crippen molar-refractivity contribution in [1.29, 1.82) is 0 Å². The van der Waals surface area contributed by atoms with Crippen LogP contribution in [0.1, 0.15) is 30.3 Å². The summed E-state index contributed by atoms with van der Waals surface area (Å²) < 4.78 is 5.27. The van der Waals surface area contributed by atoms with Crippen LogP contribution in [0.5, 0.6) is 0 Å². The first-order valence-corrected chi connectivity index (χ1v) is 6.39. The summed E-state index contributed by atoms with van der Waals surface area (Å²) >= 11 is 0. The Kier molecular flexibility index (Phi) is 4.09. The predicted molar refractivity (Wildman–Crippen MR) is 69.3 cm³/mol. The summed E-state index contributed by atoms with van der Waals surface area (Å²) in [5.74, 6) is 0.00571. The maximum absolute atomic E-state index is 10.8. The number of piperidine rings is 1. The molecule has 0 aromatic carbocycles. The lowest BCUT2D eigenvalue weighted by molar-refractivity contribution is -0.119. The van der Waals surface area contributed by atoms with E-state index in [2.05, 4.69) is 5.32 Å². The molecular formula is C13H18N2O4. The van der Waals surface area contributed by atoms with Gasteiger partial charge in [-0.25, -0.2) is 4.79 Å². The zero-order valence-corrected chi connectivity index (χ0v) is 10.9. The van der Waals surface area contributed by atoms with Gasteiger partial charge in [-0.05, 0) is 24.8 Å². The van der Waals surface area contributed by atoms with E-state index in [1.807, 2.05) is 4.90 Å². The van der Waals surface area contributed by atoms with Crippen LogP contribution in [-0.4, -0.2) is 36.6 Å². The SMILES string of the molecule is CC(=O)NCC1CCN(c2ccc(C(=O)O)o2)CC1. The topological polar surface area (TPSA) is 82.8 Å². The van der Waals surface area contributed by atoms with Crippen LogP contribution >= 0.6 is 0 Å². The molecule has 1 aliphatic heterocycles. The summed E-state index contributed by atoms with van der Waals surface area (Å²) in [5, 5.41) is 11.6.